The minimum Gasteiger partial charge on any atom is -0.0651 e. The van der Waals surface area contributed by atoms with Crippen LogP contribution >= 0.6 is 0 Å². The largest absolute Gasteiger partial charge is 0.0651 e. The van der Waals surface area contributed by atoms with E-state index in [4.69, 9.17) is 0 Å². The van der Waals surface area contributed by atoms with Gasteiger partial charge >= 0.3 is 0 Å². The summed E-state index contributed by atoms with van der Waals surface area (Å²) in [6.07, 6.45) is 5.87. The Balaban J connectivity index is 1.76. The van der Waals surface area contributed by atoms with E-state index >= 15 is 0 Å². The van der Waals surface area contributed by atoms with E-state index in [0.717, 1.165) is 35.5 Å². The Kier molecular flexibility index (Phi) is 2.91. The molecule has 0 heteroatoms. The van der Waals surface area contributed by atoms with Crippen molar-refractivity contribution in [2.24, 2.45) is 35.5 Å². The molecule has 2 aliphatic rings. The molecule has 6 unspecified atom stereocenters. The van der Waals surface area contributed by atoms with Gasteiger partial charge in [-0.25, -0.2) is 0 Å². The summed E-state index contributed by atoms with van der Waals surface area (Å²) in [5.74, 6) is 6.52. The third-order valence-corrected chi connectivity index (χ3v) is 5.00. The van der Waals surface area contributed by atoms with E-state index in [0.29, 0.717) is 0 Å². The summed E-state index contributed by atoms with van der Waals surface area (Å²) < 4.78 is 0. The summed E-state index contributed by atoms with van der Waals surface area (Å²) in [6, 6.07) is 0. The highest BCUT2D eigenvalue weighted by molar-refractivity contribution is 5.05. The summed E-state index contributed by atoms with van der Waals surface area (Å²) in [4.78, 5) is 0. The molecule has 0 aromatic heterocycles. The maximum Gasteiger partial charge on any atom is -0.0323 e. The first-order chi connectivity index (χ1) is 6.69. The van der Waals surface area contributed by atoms with E-state index in [9.17, 15) is 0 Å². The van der Waals surface area contributed by atoms with E-state index in [1.54, 1.807) is 6.42 Å². The fourth-order valence-electron chi connectivity index (χ4n) is 3.50. The van der Waals surface area contributed by atoms with Crippen LogP contribution in [0.4, 0.5) is 0 Å². The van der Waals surface area contributed by atoms with Crippen LogP contribution in [-0.4, -0.2) is 0 Å². The highest BCUT2D eigenvalue weighted by atomic mass is 14.6. The molecule has 0 aromatic carbocycles. The minimum atomic E-state index is 0.964. The number of hydrogen-bond acceptors (Lipinski definition) is 0. The first kappa shape index (κ1) is 10.5. The van der Waals surface area contributed by atoms with Gasteiger partial charge in [0.1, 0.15) is 0 Å². The van der Waals surface area contributed by atoms with Gasteiger partial charge in [-0.05, 0) is 48.3 Å². The normalized spacial score (nSPS) is 47.6. The van der Waals surface area contributed by atoms with Crippen molar-refractivity contribution < 1.29 is 0 Å². The quantitative estimate of drug-likeness (QED) is 0.610. The van der Waals surface area contributed by atoms with Crippen LogP contribution in [0.15, 0.2) is 0 Å². The van der Waals surface area contributed by atoms with Gasteiger partial charge in [0.15, 0.2) is 0 Å². The first-order valence-electron chi connectivity index (χ1n) is 6.69. The molecule has 6 atom stereocenters. The summed E-state index contributed by atoms with van der Waals surface area (Å²) in [5, 5.41) is 0. The third kappa shape index (κ3) is 1.85. The smallest absolute Gasteiger partial charge is 0.0323 e. The molecule has 2 fully saturated rings. The molecule has 0 saturated heterocycles. The van der Waals surface area contributed by atoms with Crippen LogP contribution in [0.5, 0.6) is 0 Å². The monoisotopic (exact) mass is 194 g/mol. The fourth-order valence-corrected chi connectivity index (χ4v) is 3.50. The van der Waals surface area contributed by atoms with Gasteiger partial charge < -0.3 is 0 Å². The van der Waals surface area contributed by atoms with Gasteiger partial charge in [-0.3, -0.25) is 0 Å². The van der Waals surface area contributed by atoms with Gasteiger partial charge in [0, 0.05) is 0 Å². The predicted molar refractivity (Wildman–Crippen MR) is 62.1 cm³/mol. The average molecular weight is 194 g/mol. The van der Waals surface area contributed by atoms with Crippen LogP contribution < -0.4 is 0 Å². The lowest BCUT2D eigenvalue weighted by molar-refractivity contribution is 0.444. The molecule has 2 aliphatic carbocycles. The van der Waals surface area contributed by atoms with Crippen LogP contribution in [-0.2, 0) is 0 Å². The lowest BCUT2D eigenvalue weighted by atomic mass is 9.99. The van der Waals surface area contributed by atoms with Crippen molar-refractivity contribution in [1.82, 2.24) is 0 Å². The lowest BCUT2D eigenvalue weighted by Gasteiger charge is -2.06. The van der Waals surface area contributed by atoms with Gasteiger partial charge in [0.25, 0.3) is 0 Å². The fraction of sp³-hybridized carbons (Fsp3) is 1.00. The topological polar surface area (TPSA) is 0 Å². The molecule has 2 rings (SSSR count). The second-order valence-corrected chi connectivity index (χ2v) is 5.92. The Morgan fingerprint density at radius 2 is 2.00 bits per heavy atom. The van der Waals surface area contributed by atoms with Gasteiger partial charge in [0.2, 0.25) is 0 Å². The van der Waals surface area contributed by atoms with Crippen LogP contribution in [0.1, 0.15) is 53.4 Å². The number of rotatable bonds is 5. The van der Waals surface area contributed by atoms with Gasteiger partial charge in [-0.1, -0.05) is 40.5 Å². The van der Waals surface area contributed by atoms with E-state index < -0.39 is 0 Å². The summed E-state index contributed by atoms with van der Waals surface area (Å²) in [5.41, 5.74) is 0. The summed E-state index contributed by atoms with van der Waals surface area (Å²) in [7, 11) is 0. The van der Waals surface area contributed by atoms with Crippen molar-refractivity contribution in [3.8, 4) is 0 Å². The average Bonchev–Trinajstić information content (AvgIpc) is 3.04. The molecule has 0 amide bonds. The van der Waals surface area contributed by atoms with Crippen molar-refractivity contribution in [2.75, 3.05) is 0 Å². The highest BCUT2D eigenvalue weighted by Gasteiger charge is 2.57. The van der Waals surface area contributed by atoms with Gasteiger partial charge in [-0.15, -0.1) is 0 Å². The van der Waals surface area contributed by atoms with Crippen molar-refractivity contribution in [1.29, 1.82) is 0 Å². The third-order valence-electron chi connectivity index (χ3n) is 5.00. The Bertz CT molecular complexity index is 196. The molecule has 0 N–H and O–H groups in total. The highest BCUT2D eigenvalue weighted by Crippen LogP contribution is 2.63. The molecule has 0 aromatic rings. The molecular weight excluding hydrogens is 168 g/mol. The predicted octanol–water partition coefficient (Wildman–Crippen LogP) is 4.35. The zero-order chi connectivity index (χ0) is 10.3. The molecule has 0 heterocycles. The van der Waals surface area contributed by atoms with Gasteiger partial charge in [0.05, 0.1) is 0 Å². The van der Waals surface area contributed by atoms with Crippen LogP contribution in [0, 0.1) is 35.5 Å². The van der Waals surface area contributed by atoms with Gasteiger partial charge in [-0.2, -0.15) is 0 Å². The standard InChI is InChI=1S/C14H26/c1-5-9(3)7-12-10(4)14(12)13-8-11(13)6-2/h9-14H,5-8H2,1-4H3. The maximum absolute atomic E-state index is 2.49. The zero-order valence-electron chi connectivity index (χ0n) is 10.3. The van der Waals surface area contributed by atoms with E-state index in [-0.39, 0.29) is 0 Å². The summed E-state index contributed by atoms with van der Waals surface area (Å²) >= 11 is 0. The zero-order valence-corrected chi connectivity index (χ0v) is 10.3. The van der Waals surface area contributed by atoms with Crippen molar-refractivity contribution >= 4 is 0 Å². The van der Waals surface area contributed by atoms with Crippen LogP contribution in [0.2, 0.25) is 0 Å². The Morgan fingerprint density at radius 1 is 1.29 bits per heavy atom. The van der Waals surface area contributed by atoms with Crippen molar-refractivity contribution in [2.45, 2.75) is 53.4 Å². The Labute approximate surface area is 89.5 Å². The summed E-state index contributed by atoms with van der Waals surface area (Å²) in [6.45, 7) is 9.61. The second-order valence-electron chi connectivity index (χ2n) is 5.92. The molecule has 14 heavy (non-hydrogen) atoms. The molecule has 0 bridgehead atoms. The minimum absolute atomic E-state index is 0.964. The van der Waals surface area contributed by atoms with Crippen LogP contribution in [0.25, 0.3) is 0 Å². The molecule has 0 spiro atoms. The van der Waals surface area contributed by atoms with E-state index in [2.05, 4.69) is 27.7 Å². The molecule has 2 saturated carbocycles. The SMILES string of the molecule is CCC(C)CC1C(C)C1C1CC1CC. The Hall–Kier alpha value is 0. The lowest BCUT2D eigenvalue weighted by Crippen LogP contribution is -1.96. The molecule has 0 nitrogen and oxygen atoms in total. The van der Waals surface area contributed by atoms with Crippen molar-refractivity contribution in [3.63, 3.8) is 0 Å². The van der Waals surface area contributed by atoms with E-state index in [1.165, 1.54) is 19.3 Å². The Morgan fingerprint density at radius 3 is 2.50 bits per heavy atom. The second kappa shape index (κ2) is 3.87. The molecular formula is C14H26. The first-order valence-corrected chi connectivity index (χ1v) is 6.69. The molecule has 0 radical (unpaired) electrons. The molecule has 0 aliphatic heterocycles. The van der Waals surface area contributed by atoms with Crippen LogP contribution in [0.3, 0.4) is 0 Å². The number of hydrogen-bond donors (Lipinski definition) is 0. The molecule has 82 valence electrons. The van der Waals surface area contributed by atoms with Crippen molar-refractivity contribution in [3.05, 3.63) is 0 Å². The maximum atomic E-state index is 2.49. The van der Waals surface area contributed by atoms with E-state index in [1.807, 2.05) is 0 Å².